The lowest BCUT2D eigenvalue weighted by atomic mass is 10.3. The van der Waals surface area contributed by atoms with Crippen molar-refractivity contribution in [2.75, 3.05) is 0 Å². The monoisotopic (exact) mass is 213 g/mol. The van der Waals surface area contributed by atoms with Crippen LogP contribution in [0.1, 0.15) is 12.8 Å². The van der Waals surface area contributed by atoms with Crippen LogP contribution in [-0.2, 0) is 0 Å². The van der Waals surface area contributed by atoms with Crippen LogP contribution in [0.2, 0.25) is 5.02 Å². The predicted octanol–water partition coefficient (Wildman–Crippen LogP) is 2.79. The maximum absolute atomic E-state index is 10.6. The number of hydrogen-bond acceptors (Lipinski definition) is 3. The highest BCUT2D eigenvalue weighted by Crippen LogP contribution is 2.35. The van der Waals surface area contributed by atoms with Gasteiger partial charge in [-0.05, 0) is 18.9 Å². The van der Waals surface area contributed by atoms with Crippen LogP contribution in [0.3, 0.4) is 0 Å². The van der Waals surface area contributed by atoms with Crippen LogP contribution >= 0.6 is 11.6 Å². The summed E-state index contributed by atoms with van der Waals surface area (Å²) in [4.78, 5) is 10.2. The minimum Gasteiger partial charge on any atom is -0.483 e. The Morgan fingerprint density at radius 3 is 2.79 bits per heavy atom. The Balaban J connectivity index is 2.31. The van der Waals surface area contributed by atoms with Crippen LogP contribution in [0.5, 0.6) is 5.75 Å². The highest BCUT2D eigenvalue weighted by molar-refractivity contribution is 6.30. The van der Waals surface area contributed by atoms with E-state index in [2.05, 4.69) is 0 Å². The van der Waals surface area contributed by atoms with Gasteiger partial charge in [-0.25, -0.2) is 0 Å². The minimum atomic E-state index is -0.464. The molecule has 0 spiro atoms. The standard InChI is InChI=1S/C9H8ClNO3/c10-6-1-4-8(11(12)13)9(5-6)14-7-2-3-7/h1,4-5,7H,2-3H2. The van der Waals surface area contributed by atoms with Crippen LogP contribution < -0.4 is 4.74 Å². The van der Waals surface area contributed by atoms with E-state index in [0.717, 1.165) is 12.8 Å². The zero-order valence-corrected chi connectivity index (χ0v) is 8.03. The lowest BCUT2D eigenvalue weighted by Gasteiger charge is -2.04. The molecule has 0 unspecified atom stereocenters. The molecule has 0 aromatic heterocycles. The van der Waals surface area contributed by atoms with Gasteiger partial charge in [-0.3, -0.25) is 10.1 Å². The molecular formula is C9H8ClNO3. The fourth-order valence-electron chi connectivity index (χ4n) is 1.10. The third kappa shape index (κ3) is 1.96. The van der Waals surface area contributed by atoms with Crippen molar-refractivity contribution in [3.05, 3.63) is 33.3 Å². The molecule has 1 fully saturated rings. The molecule has 0 aliphatic heterocycles. The second-order valence-electron chi connectivity index (χ2n) is 3.19. The molecule has 1 aliphatic carbocycles. The minimum absolute atomic E-state index is 0.0266. The quantitative estimate of drug-likeness (QED) is 0.573. The lowest BCUT2D eigenvalue weighted by molar-refractivity contribution is -0.385. The van der Waals surface area contributed by atoms with E-state index >= 15 is 0 Å². The van der Waals surface area contributed by atoms with Crippen molar-refractivity contribution >= 4 is 17.3 Å². The fraction of sp³-hybridized carbons (Fsp3) is 0.333. The van der Waals surface area contributed by atoms with E-state index in [1.807, 2.05) is 0 Å². The summed E-state index contributed by atoms with van der Waals surface area (Å²) >= 11 is 5.72. The number of hydrogen-bond donors (Lipinski definition) is 0. The van der Waals surface area contributed by atoms with Crippen molar-refractivity contribution in [3.8, 4) is 5.75 Å². The number of nitrogens with zero attached hydrogens (tertiary/aromatic N) is 1. The highest BCUT2D eigenvalue weighted by Gasteiger charge is 2.27. The summed E-state index contributed by atoms with van der Waals surface area (Å²) in [6, 6.07) is 4.33. The van der Waals surface area contributed by atoms with Gasteiger partial charge in [0.25, 0.3) is 0 Å². The Morgan fingerprint density at radius 1 is 1.50 bits per heavy atom. The summed E-state index contributed by atoms with van der Waals surface area (Å²) in [5.41, 5.74) is -0.0266. The molecule has 0 amide bonds. The van der Waals surface area contributed by atoms with Crippen LogP contribution in [0.15, 0.2) is 18.2 Å². The zero-order valence-electron chi connectivity index (χ0n) is 7.27. The van der Waals surface area contributed by atoms with Crippen LogP contribution in [0.4, 0.5) is 5.69 Å². The summed E-state index contributed by atoms with van der Waals surface area (Å²) in [6.45, 7) is 0. The van der Waals surface area contributed by atoms with Gasteiger partial charge in [0.2, 0.25) is 0 Å². The Kier molecular flexibility index (Phi) is 2.29. The number of halogens is 1. The SMILES string of the molecule is O=[N+]([O-])c1ccc(Cl)cc1OC1CC1. The van der Waals surface area contributed by atoms with Crippen molar-refractivity contribution in [3.63, 3.8) is 0 Å². The molecule has 0 saturated heterocycles. The van der Waals surface area contributed by atoms with E-state index in [0.29, 0.717) is 5.02 Å². The lowest BCUT2D eigenvalue weighted by Crippen LogP contribution is -1.99. The van der Waals surface area contributed by atoms with E-state index in [1.54, 1.807) is 0 Å². The summed E-state index contributed by atoms with van der Waals surface area (Å²) in [5, 5.41) is 11.1. The molecule has 4 nitrogen and oxygen atoms in total. The van der Waals surface area contributed by atoms with Crippen LogP contribution in [0, 0.1) is 10.1 Å². The molecule has 1 aromatic rings. The molecule has 0 heterocycles. The van der Waals surface area contributed by atoms with E-state index < -0.39 is 4.92 Å². The largest absolute Gasteiger partial charge is 0.483 e. The molecule has 1 saturated carbocycles. The van der Waals surface area contributed by atoms with Crippen LogP contribution in [-0.4, -0.2) is 11.0 Å². The first-order valence-electron chi connectivity index (χ1n) is 4.27. The van der Waals surface area contributed by atoms with Gasteiger partial charge in [-0.1, -0.05) is 11.6 Å². The molecule has 0 radical (unpaired) electrons. The Bertz CT molecular complexity index is 376. The van der Waals surface area contributed by atoms with Gasteiger partial charge < -0.3 is 4.74 Å². The van der Waals surface area contributed by atoms with E-state index in [-0.39, 0.29) is 17.5 Å². The number of ether oxygens (including phenoxy) is 1. The van der Waals surface area contributed by atoms with Crippen molar-refractivity contribution in [1.82, 2.24) is 0 Å². The molecule has 1 aromatic carbocycles. The van der Waals surface area contributed by atoms with Gasteiger partial charge >= 0.3 is 5.69 Å². The second kappa shape index (κ2) is 3.46. The topological polar surface area (TPSA) is 52.4 Å². The summed E-state index contributed by atoms with van der Waals surface area (Å²) in [7, 11) is 0. The first kappa shape index (κ1) is 9.27. The molecule has 1 aliphatic rings. The second-order valence-corrected chi connectivity index (χ2v) is 3.62. The van der Waals surface area contributed by atoms with Gasteiger partial charge in [0.1, 0.15) is 0 Å². The maximum Gasteiger partial charge on any atom is 0.311 e. The smallest absolute Gasteiger partial charge is 0.311 e. The number of benzene rings is 1. The third-order valence-electron chi connectivity index (χ3n) is 1.94. The third-order valence-corrected chi connectivity index (χ3v) is 2.17. The van der Waals surface area contributed by atoms with Crippen molar-refractivity contribution < 1.29 is 9.66 Å². The fourth-order valence-corrected chi connectivity index (χ4v) is 1.26. The number of nitro groups is 1. The predicted molar refractivity (Wildman–Crippen MR) is 51.8 cm³/mol. The van der Waals surface area contributed by atoms with E-state index in [1.165, 1.54) is 18.2 Å². The highest BCUT2D eigenvalue weighted by atomic mass is 35.5. The molecule has 2 rings (SSSR count). The first-order chi connectivity index (χ1) is 6.66. The van der Waals surface area contributed by atoms with Gasteiger partial charge in [0.15, 0.2) is 5.75 Å². The summed E-state index contributed by atoms with van der Waals surface area (Å²) in [6.07, 6.45) is 2.06. The molecular weight excluding hydrogens is 206 g/mol. The Labute approximate surface area is 85.6 Å². The molecule has 74 valence electrons. The zero-order chi connectivity index (χ0) is 10.1. The van der Waals surface area contributed by atoms with Crippen molar-refractivity contribution in [1.29, 1.82) is 0 Å². The van der Waals surface area contributed by atoms with Crippen molar-refractivity contribution in [2.24, 2.45) is 0 Å². The number of nitro benzene ring substituents is 1. The Hall–Kier alpha value is -1.29. The van der Waals surface area contributed by atoms with Gasteiger partial charge in [-0.2, -0.15) is 0 Å². The maximum atomic E-state index is 10.6. The molecule has 0 N–H and O–H groups in total. The van der Waals surface area contributed by atoms with Gasteiger partial charge in [0, 0.05) is 17.2 Å². The normalized spacial score (nSPS) is 15.2. The average molecular weight is 214 g/mol. The summed E-state index contributed by atoms with van der Waals surface area (Å²) < 4.78 is 5.37. The number of rotatable bonds is 3. The Morgan fingerprint density at radius 2 is 2.21 bits per heavy atom. The first-order valence-corrected chi connectivity index (χ1v) is 4.65. The van der Waals surface area contributed by atoms with E-state index in [9.17, 15) is 10.1 Å². The van der Waals surface area contributed by atoms with Gasteiger partial charge in [0.05, 0.1) is 11.0 Å². The molecule has 0 bridgehead atoms. The van der Waals surface area contributed by atoms with Crippen LogP contribution in [0.25, 0.3) is 0 Å². The van der Waals surface area contributed by atoms with Gasteiger partial charge in [-0.15, -0.1) is 0 Å². The molecule has 0 atom stereocenters. The summed E-state index contributed by atoms with van der Waals surface area (Å²) in [5.74, 6) is 0.269. The average Bonchev–Trinajstić information content (AvgIpc) is 2.87. The molecule has 14 heavy (non-hydrogen) atoms. The molecule has 5 heteroatoms. The van der Waals surface area contributed by atoms with E-state index in [4.69, 9.17) is 16.3 Å². The van der Waals surface area contributed by atoms with Crippen molar-refractivity contribution in [2.45, 2.75) is 18.9 Å².